The van der Waals surface area contributed by atoms with Gasteiger partial charge in [-0.1, -0.05) is 42.5 Å². The Morgan fingerprint density at radius 1 is 1.19 bits per heavy atom. The van der Waals surface area contributed by atoms with Gasteiger partial charge in [-0.2, -0.15) is 5.26 Å². The minimum absolute atomic E-state index is 0.138. The minimum Gasteiger partial charge on any atom is -0.476 e. The molecule has 3 aromatic rings. The van der Waals surface area contributed by atoms with Gasteiger partial charge in [0.15, 0.2) is 11.6 Å². The largest absolute Gasteiger partial charge is 0.476 e. The summed E-state index contributed by atoms with van der Waals surface area (Å²) in [5, 5.41) is 21.9. The van der Waals surface area contributed by atoms with Gasteiger partial charge in [0.2, 0.25) is 0 Å². The normalized spacial score (nSPS) is 10.2. The molecule has 27 heavy (non-hydrogen) atoms. The number of rotatable bonds is 7. The van der Waals surface area contributed by atoms with E-state index < -0.39 is 5.97 Å². The second-order valence-electron chi connectivity index (χ2n) is 5.87. The Hall–Kier alpha value is -3.85. The van der Waals surface area contributed by atoms with Crippen LogP contribution in [0.3, 0.4) is 0 Å². The number of hydrogen-bond acceptors (Lipinski definition) is 5. The van der Waals surface area contributed by atoms with Crippen LogP contribution in [0.25, 0.3) is 10.9 Å². The third kappa shape index (κ3) is 4.41. The van der Waals surface area contributed by atoms with Gasteiger partial charge in [0.05, 0.1) is 23.7 Å². The number of carboxylic acid groups (broad SMARTS) is 1. The number of carboxylic acids is 1. The van der Waals surface area contributed by atoms with Gasteiger partial charge >= 0.3 is 5.97 Å². The highest BCUT2D eigenvalue weighted by molar-refractivity contribution is 5.97. The SMILES string of the molecule is C=C(Nc1cc2ccc(CC#N)cc2nc1C(=O)O)OCc1ccccc1. The summed E-state index contributed by atoms with van der Waals surface area (Å²) in [6.45, 7) is 4.11. The fourth-order valence-corrected chi connectivity index (χ4v) is 2.60. The average molecular weight is 359 g/mol. The van der Waals surface area contributed by atoms with Gasteiger partial charge in [-0.3, -0.25) is 0 Å². The summed E-state index contributed by atoms with van der Waals surface area (Å²) in [7, 11) is 0. The van der Waals surface area contributed by atoms with Gasteiger partial charge in [-0.05, 0) is 29.8 Å². The van der Waals surface area contributed by atoms with Gasteiger partial charge in [-0.15, -0.1) is 0 Å². The predicted molar refractivity (Wildman–Crippen MR) is 102 cm³/mol. The van der Waals surface area contributed by atoms with E-state index in [2.05, 4.69) is 22.9 Å². The molecule has 6 nitrogen and oxygen atoms in total. The van der Waals surface area contributed by atoms with Crippen LogP contribution in [-0.4, -0.2) is 16.1 Å². The van der Waals surface area contributed by atoms with E-state index in [1.54, 1.807) is 18.2 Å². The quantitative estimate of drug-likeness (QED) is 0.617. The van der Waals surface area contributed by atoms with Gasteiger partial charge in [0.25, 0.3) is 0 Å². The van der Waals surface area contributed by atoms with Gasteiger partial charge in [-0.25, -0.2) is 9.78 Å². The lowest BCUT2D eigenvalue weighted by Gasteiger charge is -2.14. The molecule has 6 heteroatoms. The topological polar surface area (TPSA) is 95.2 Å². The third-order valence-corrected chi connectivity index (χ3v) is 3.90. The lowest BCUT2D eigenvalue weighted by molar-refractivity contribution is 0.0692. The number of benzene rings is 2. The van der Waals surface area contributed by atoms with Crippen LogP contribution in [0.5, 0.6) is 0 Å². The van der Waals surface area contributed by atoms with Crippen molar-refractivity contribution in [1.29, 1.82) is 5.26 Å². The molecule has 0 radical (unpaired) electrons. The summed E-state index contributed by atoms with van der Waals surface area (Å²) >= 11 is 0. The Morgan fingerprint density at radius 2 is 1.96 bits per heavy atom. The van der Waals surface area contributed by atoms with E-state index in [0.29, 0.717) is 17.8 Å². The Morgan fingerprint density at radius 3 is 2.67 bits per heavy atom. The fraction of sp³-hybridized carbons (Fsp3) is 0.0952. The number of fused-ring (bicyclic) bond motifs is 1. The lowest BCUT2D eigenvalue weighted by Crippen LogP contribution is -2.10. The molecule has 0 atom stereocenters. The molecule has 134 valence electrons. The first-order valence-electron chi connectivity index (χ1n) is 8.23. The second kappa shape index (κ2) is 8.02. The number of nitrogens with one attached hydrogen (secondary N) is 1. The Balaban J connectivity index is 1.83. The zero-order valence-electron chi connectivity index (χ0n) is 14.5. The zero-order chi connectivity index (χ0) is 19.2. The van der Waals surface area contributed by atoms with Crippen LogP contribution in [0.1, 0.15) is 21.6 Å². The molecule has 0 unspecified atom stereocenters. The molecule has 0 amide bonds. The summed E-state index contributed by atoms with van der Waals surface area (Å²) in [6.07, 6.45) is 0.240. The number of aromatic nitrogens is 1. The van der Waals surface area contributed by atoms with Crippen molar-refractivity contribution in [2.75, 3.05) is 5.32 Å². The van der Waals surface area contributed by atoms with Gasteiger partial charge < -0.3 is 15.2 Å². The second-order valence-corrected chi connectivity index (χ2v) is 5.87. The van der Waals surface area contributed by atoms with Crippen molar-refractivity contribution < 1.29 is 14.6 Å². The molecule has 2 aromatic carbocycles. The molecule has 3 rings (SSSR count). The molecule has 0 aliphatic rings. The standard InChI is InChI=1S/C21H17N3O3/c1-14(27-13-16-5-3-2-4-6-16)23-19-12-17-8-7-15(9-10-22)11-18(17)24-20(19)21(25)26/h2-8,11-12,23H,1,9,13H2,(H,25,26). The molecule has 0 saturated carbocycles. The Bertz CT molecular complexity index is 1040. The summed E-state index contributed by atoms with van der Waals surface area (Å²) in [4.78, 5) is 15.8. The van der Waals surface area contributed by atoms with Gasteiger partial charge in [0, 0.05) is 5.39 Å². The zero-order valence-corrected chi connectivity index (χ0v) is 14.5. The Kier molecular flexibility index (Phi) is 5.33. The Labute approximate surface area is 156 Å². The highest BCUT2D eigenvalue weighted by atomic mass is 16.5. The number of nitriles is 1. The minimum atomic E-state index is -1.17. The van der Waals surface area contributed by atoms with Crippen molar-refractivity contribution in [2.24, 2.45) is 0 Å². The molecule has 0 aliphatic heterocycles. The van der Waals surface area contributed by atoms with Crippen LogP contribution in [0.4, 0.5) is 5.69 Å². The molecule has 0 spiro atoms. The molecule has 0 aliphatic carbocycles. The van der Waals surface area contributed by atoms with Crippen LogP contribution in [0.2, 0.25) is 0 Å². The maximum Gasteiger partial charge on any atom is 0.356 e. The van der Waals surface area contributed by atoms with Gasteiger partial charge in [0.1, 0.15) is 6.61 Å². The first-order valence-corrected chi connectivity index (χ1v) is 8.23. The predicted octanol–water partition coefficient (Wildman–Crippen LogP) is 4.10. The summed E-state index contributed by atoms with van der Waals surface area (Å²) in [5.41, 5.74) is 2.43. The molecule has 2 N–H and O–H groups in total. The number of hydrogen-bond donors (Lipinski definition) is 2. The van der Waals surface area contributed by atoms with E-state index in [0.717, 1.165) is 16.5 Å². The van der Waals surface area contributed by atoms with E-state index in [1.807, 2.05) is 36.4 Å². The highest BCUT2D eigenvalue weighted by Gasteiger charge is 2.15. The first-order chi connectivity index (χ1) is 13.1. The number of anilines is 1. The highest BCUT2D eigenvalue weighted by Crippen LogP contribution is 2.24. The van der Waals surface area contributed by atoms with E-state index in [-0.39, 0.29) is 18.0 Å². The van der Waals surface area contributed by atoms with Crippen molar-refractivity contribution in [3.05, 3.63) is 83.9 Å². The van der Waals surface area contributed by atoms with E-state index in [9.17, 15) is 9.90 Å². The monoisotopic (exact) mass is 359 g/mol. The number of nitrogens with zero attached hydrogens (tertiary/aromatic N) is 2. The van der Waals surface area contributed by atoms with Crippen LogP contribution in [0, 0.1) is 11.3 Å². The number of ether oxygens (including phenoxy) is 1. The van der Waals surface area contributed by atoms with E-state index >= 15 is 0 Å². The molecule has 0 fully saturated rings. The van der Waals surface area contributed by atoms with Crippen molar-refractivity contribution >= 4 is 22.6 Å². The van der Waals surface area contributed by atoms with Crippen molar-refractivity contribution in [3.63, 3.8) is 0 Å². The number of carbonyl (C=O) groups is 1. The average Bonchev–Trinajstić information content (AvgIpc) is 2.67. The summed E-state index contributed by atoms with van der Waals surface area (Å²) in [5.74, 6) is -0.940. The lowest BCUT2D eigenvalue weighted by atomic mass is 10.1. The fourth-order valence-electron chi connectivity index (χ4n) is 2.60. The van der Waals surface area contributed by atoms with Crippen LogP contribution in [-0.2, 0) is 17.8 Å². The molecule has 0 bridgehead atoms. The van der Waals surface area contributed by atoms with Crippen LogP contribution in [0.15, 0.2) is 67.1 Å². The molecule has 1 heterocycles. The molecular formula is C21H17N3O3. The molecular weight excluding hydrogens is 342 g/mol. The van der Waals surface area contributed by atoms with E-state index in [4.69, 9.17) is 10.00 Å². The summed E-state index contributed by atoms with van der Waals surface area (Å²) < 4.78 is 5.57. The maximum absolute atomic E-state index is 11.6. The first kappa shape index (κ1) is 18.0. The number of pyridine rings is 1. The van der Waals surface area contributed by atoms with Crippen molar-refractivity contribution in [2.45, 2.75) is 13.0 Å². The summed E-state index contributed by atoms with van der Waals surface area (Å²) in [6, 6.07) is 18.7. The van der Waals surface area contributed by atoms with E-state index in [1.165, 1.54) is 0 Å². The van der Waals surface area contributed by atoms with Crippen molar-refractivity contribution in [1.82, 2.24) is 4.98 Å². The smallest absolute Gasteiger partial charge is 0.356 e. The number of aromatic carboxylic acids is 1. The van der Waals surface area contributed by atoms with Crippen LogP contribution >= 0.6 is 0 Å². The molecule has 0 saturated heterocycles. The molecule has 1 aromatic heterocycles. The maximum atomic E-state index is 11.6. The third-order valence-electron chi connectivity index (χ3n) is 3.90. The van der Waals surface area contributed by atoms with Crippen molar-refractivity contribution in [3.8, 4) is 6.07 Å². The van der Waals surface area contributed by atoms with Crippen LogP contribution < -0.4 is 5.32 Å².